The van der Waals surface area contributed by atoms with Gasteiger partial charge in [0.25, 0.3) is 5.91 Å². The van der Waals surface area contributed by atoms with Crippen molar-refractivity contribution in [2.45, 2.75) is 65.1 Å². The van der Waals surface area contributed by atoms with E-state index in [2.05, 4.69) is 37.4 Å². The average molecular weight is 747 g/mol. The first-order valence-corrected chi connectivity index (χ1v) is 17.6. The summed E-state index contributed by atoms with van der Waals surface area (Å²) in [5.74, 6) is 0.491. The summed E-state index contributed by atoms with van der Waals surface area (Å²) in [4.78, 5) is 31.6. The Morgan fingerprint density at radius 2 is 1.70 bits per heavy atom. The van der Waals surface area contributed by atoms with Crippen molar-refractivity contribution in [3.8, 4) is 22.8 Å². The molecule has 1 fully saturated rings. The van der Waals surface area contributed by atoms with Gasteiger partial charge in [0.05, 0.1) is 36.8 Å². The normalized spacial score (nSPS) is 12.7. The van der Waals surface area contributed by atoms with Crippen LogP contribution in [0.1, 0.15) is 73.0 Å². The Morgan fingerprint density at radius 3 is 2.31 bits per heavy atom. The number of benzene rings is 2. The zero-order chi connectivity index (χ0) is 39.3. The number of nitrogens with one attached hydrogen (secondary N) is 3. The molecule has 1 aliphatic carbocycles. The number of fused-ring (bicyclic) bond motifs is 1. The molecule has 6 rings (SSSR count). The van der Waals surface area contributed by atoms with Gasteiger partial charge >= 0.3 is 12.1 Å². The van der Waals surface area contributed by atoms with Crippen LogP contribution in [-0.2, 0) is 23.9 Å². The molecule has 4 N–H and O–H groups in total. The maximum absolute atomic E-state index is 13.0. The van der Waals surface area contributed by atoms with Gasteiger partial charge in [-0.25, -0.2) is 9.97 Å². The number of halogens is 3. The monoisotopic (exact) mass is 746 g/mol. The summed E-state index contributed by atoms with van der Waals surface area (Å²) in [5.41, 5.74) is 3.21. The number of carboxylic acids is 1. The SMILES string of the molecule is C=CCc1cnc(NCc2ccc(OC)cc2OC)c2c(-c3ccc(C(=O)Nc4cc(C(F)(F)F)ccn4)cc3)[nH]nc12.CC.O=C(O)C1CCCCC1. The summed E-state index contributed by atoms with van der Waals surface area (Å²) in [6.45, 7) is 8.23. The van der Waals surface area contributed by atoms with Crippen molar-refractivity contribution in [2.75, 3.05) is 24.9 Å². The third-order valence-corrected chi connectivity index (χ3v) is 8.68. The van der Waals surface area contributed by atoms with Crippen LogP contribution in [-0.4, -0.2) is 51.4 Å². The van der Waals surface area contributed by atoms with E-state index in [9.17, 15) is 22.8 Å². The molecule has 54 heavy (non-hydrogen) atoms. The highest BCUT2D eigenvalue weighted by molar-refractivity contribution is 6.05. The van der Waals surface area contributed by atoms with Crippen LogP contribution in [0.15, 0.2) is 79.6 Å². The van der Waals surface area contributed by atoms with E-state index in [0.717, 1.165) is 66.1 Å². The number of amides is 1. The van der Waals surface area contributed by atoms with E-state index >= 15 is 0 Å². The van der Waals surface area contributed by atoms with Crippen LogP contribution in [0.5, 0.6) is 11.5 Å². The van der Waals surface area contributed by atoms with E-state index < -0.39 is 23.6 Å². The van der Waals surface area contributed by atoms with Crippen LogP contribution >= 0.6 is 0 Å². The molecule has 1 saturated carbocycles. The van der Waals surface area contributed by atoms with Crippen molar-refractivity contribution in [3.05, 3.63) is 102 Å². The first-order chi connectivity index (χ1) is 26.0. The molecule has 3 heterocycles. The molecule has 2 aromatic carbocycles. The van der Waals surface area contributed by atoms with E-state index in [4.69, 9.17) is 14.6 Å². The lowest BCUT2D eigenvalue weighted by Gasteiger charge is -2.16. The number of pyridine rings is 2. The fourth-order valence-corrected chi connectivity index (χ4v) is 5.90. The first-order valence-electron chi connectivity index (χ1n) is 17.6. The fraction of sp³-hybridized carbons (Fsp3) is 0.325. The van der Waals surface area contributed by atoms with Crippen molar-refractivity contribution in [2.24, 2.45) is 5.92 Å². The summed E-state index contributed by atoms with van der Waals surface area (Å²) in [6, 6.07) is 13.8. The van der Waals surface area contributed by atoms with E-state index in [1.165, 1.54) is 6.42 Å². The largest absolute Gasteiger partial charge is 0.497 e. The van der Waals surface area contributed by atoms with Gasteiger partial charge in [0.1, 0.15) is 28.7 Å². The highest BCUT2D eigenvalue weighted by Crippen LogP contribution is 2.35. The molecule has 286 valence electrons. The number of aliphatic carboxylic acids is 1. The fourth-order valence-electron chi connectivity index (χ4n) is 5.90. The second-order valence-electron chi connectivity index (χ2n) is 12.1. The van der Waals surface area contributed by atoms with Gasteiger partial charge in [-0.2, -0.15) is 18.3 Å². The van der Waals surface area contributed by atoms with E-state index in [0.29, 0.717) is 41.5 Å². The number of methoxy groups -OCH3 is 2. The van der Waals surface area contributed by atoms with Crippen LogP contribution in [0, 0.1) is 5.92 Å². The molecule has 1 amide bonds. The van der Waals surface area contributed by atoms with Gasteiger partial charge in [-0.15, -0.1) is 6.58 Å². The van der Waals surface area contributed by atoms with Crippen LogP contribution < -0.4 is 20.1 Å². The Labute approximate surface area is 312 Å². The smallest absolute Gasteiger partial charge is 0.416 e. The summed E-state index contributed by atoms with van der Waals surface area (Å²) < 4.78 is 49.9. The molecule has 0 bridgehead atoms. The molecule has 0 radical (unpaired) electrons. The van der Waals surface area contributed by atoms with Crippen molar-refractivity contribution in [3.63, 3.8) is 0 Å². The topological polar surface area (TPSA) is 151 Å². The van der Waals surface area contributed by atoms with Gasteiger partial charge in [0.2, 0.25) is 0 Å². The molecule has 0 spiro atoms. The Hall–Kier alpha value is -5.92. The van der Waals surface area contributed by atoms with Crippen molar-refractivity contribution in [1.29, 1.82) is 0 Å². The predicted molar refractivity (Wildman–Crippen MR) is 203 cm³/mol. The number of hydrogen-bond acceptors (Lipinski definition) is 8. The average Bonchev–Trinajstić information content (AvgIpc) is 3.65. The number of alkyl halides is 3. The standard InChI is InChI=1S/C31H27F3N6O3.C7H12O2.C2H6/c1-4-5-21-17-37-29(36-16-20-10-11-23(42-2)15-24(20)43-3)26-27(39-40-28(21)26)18-6-8-19(9-7-18)30(41)38-25-14-22(12-13-35-25)31(32,33)34;8-7(9)6-4-2-1-3-5-6;1-2/h4,6-15,17H,1,5,16H2,2-3H3,(H,36,37)(H,39,40)(H,35,38,41);6H,1-5H2,(H,8,9);1-2H3. The maximum atomic E-state index is 13.0. The number of hydrogen-bond donors (Lipinski definition) is 4. The van der Waals surface area contributed by atoms with E-state index in [-0.39, 0.29) is 17.3 Å². The number of aromatic nitrogens is 4. The zero-order valence-corrected chi connectivity index (χ0v) is 30.7. The zero-order valence-electron chi connectivity index (χ0n) is 30.7. The minimum absolute atomic E-state index is 0.0289. The van der Waals surface area contributed by atoms with Crippen molar-refractivity contribution >= 4 is 34.4 Å². The summed E-state index contributed by atoms with van der Waals surface area (Å²) in [6.07, 6.45) is 5.76. The van der Waals surface area contributed by atoms with Crippen LogP contribution in [0.2, 0.25) is 0 Å². The number of carbonyl (C=O) groups is 2. The van der Waals surface area contributed by atoms with Gasteiger partial charge in [0.15, 0.2) is 0 Å². The highest BCUT2D eigenvalue weighted by Gasteiger charge is 2.31. The van der Waals surface area contributed by atoms with Crippen molar-refractivity contribution < 1.29 is 37.3 Å². The molecule has 14 heteroatoms. The Bertz CT molecular complexity index is 2030. The summed E-state index contributed by atoms with van der Waals surface area (Å²) >= 11 is 0. The minimum atomic E-state index is -4.55. The van der Waals surface area contributed by atoms with Crippen LogP contribution in [0.4, 0.5) is 24.8 Å². The quantitative estimate of drug-likeness (QED) is 0.0970. The predicted octanol–water partition coefficient (Wildman–Crippen LogP) is 9.33. The van der Waals surface area contributed by atoms with Gasteiger partial charge < -0.3 is 25.2 Å². The Balaban J connectivity index is 0.000000512. The number of aromatic amines is 1. The number of carbonyl (C=O) groups excluding carboxylic acids is 1. The molecule has 0 aliphatic heterocycles. The second kappa shape index (κ2) is 19.2. The lowest BCUT2D eigenvalue weighted by molar-refractivity contribution is -0.142. The number of anilines is 2. The number of allylic oxidation sites excluding steroid dienone is 1. The number of carboxylic acid groups (broad SMARTS) is 1. The molecule has 5 aromatic rings. The number of H-pyrrole nitrogens is 1. The van der Waals surface area contributed by atoms with Crippen molar-refractivity contribution in [1.82, 2.24) is 20.2 Å². The lowest BCUT2D eigenvalue weighted by Crippen LogP contribution is -2.16. The third kappa shape index (κ3) is 10.4. The number of rotatable bonds is 11. The molecule has 1 aliphatic rings. The van der Waals surface area contributed by atoms with Crippen LogP contribution in [0.25, 0.3) is 22.2 Å². The molecule has 0 unspecified atom stereocenters. The maximum Gasteiger partial charge on any atom is 0.416 e. The molecular weight excluding hydrogens is 701 g/mol. The molecule has 11 nitrogen and oxygen atoms in total. The highest BCUT2D eigenvalue weighted by atomic mass is 19.4. The van der Waals surface area contributed by atoms with Gasteiger partial charge in [-0.05, 0) is 55.7 Å². The Kier molecular flexibility index (Phi) is 14.6. The Morgan fingerprint density at radius 1 is 0.981 bits per heavy atom. The lowest BCUT2D eigenvalue weighted by atomic mass is 9.90. The molecule has 0 saturated heterocycles. The molecule has 0 atom stereocenters. The first kappa shape index (κ1) is 40.8. The van der Waals surface area contributed by atoms with E-state index in [1.807, 2.05) is 26.0 Å². The second-order valence-corrected chi connectivity index (χ2v) is 12.1. The summed E-state index contributed by atoms with van der Waals surface area (Å²) in [5, 5.41) is 22.7. The van der Waals surface area contributed by atoms with E-state index in [1.54, 1.807) is 56.8 Å². The molecule has 3 aromatic heterocycles. The van der Waals surface area contributed by atoms with Gasteiger partial charge in [-0.3, -0.25) is 14.7 Å². The van der Waals surface area contributed by atoms with Gasteiger partial charge in [0, 0.05) is 47.3 Å². The third-order valence-electron chi connectivity index (χ3n) is 8.68. The minimum Gasteiger partial charge on any atom is -0.497 e. The number of nitrogens with zero attached hydrogens (tertiary/aromatic N) is 3. The van der Waals surface area contributed by atoms with Crippen LogP contribution in [0.3, 0.4) is 0 Å². The van der Waals surface area contributed by atoms with Gasteiger partial charge in [-0.1, -0.05) is 51.3 Å². The summed E-state index contributed by atoms with van der Waals surface area (Å²) in [7, 11) is 3.18. The molecular formula is C40H45F3N6O5. The number of ether oxygens (including phenoxy) is 2.